The summed E-state index contributed by atoms with van der Waals surface area (Å²) in [4.78, 5) is 29.8. The van der Waals surface area contributed by atoms with Gasteiger partial charge in [0, 0.05) is 43.0 Å². The number of carbonyl (C=O) groups excluding carboxylic acids is 1. The largest absolute Gasteiger partial charge is 0.336 e. The molecule has 1 saturated heterocycles. The lowest BCUT2D eigenvalue weighted by Gasteiger charge is -2.36. The normalized spacial score (nSPS) is 17.4. The summed E-state index contributed by atoms with van der Waals surface area (Å²) in [5, 5.41) is 4.79. The maximum atomic E-state index is 13.5. The van der Waals surface area contributed by atoms with Crippen molar-refractivity contribution in [3.8, 4) is 0 Å². The number of amides is 1. The molecule has 1 fully saturated rings. The first-order chi connectivity index (χ1) is 13.1. The zero-order valence-corrected chi connectivity index (χ0v) is 14.9. The first-order valence-corrected chi connectivity index (χ1v) is 9.23. The lowest BCUT2D eigenvalue weighted by molar-refractivity contribution is 0.0596. The summed E-state index contributed by atoms with van der Waals surface area (Å²) >= 11 is 0. The van der Waals surface area contributed by atoms with Gasteiger partial charge >= 0.3 is 0 Å². The molecule has 1 aromatic carbocycles. The molecular weight excluding hydrogens is 347 g/mol. The minimum atomic E-state index is -0.446. The van der Waals surface area contributed by atoms with E-state index < -0.39 is 11.4 Å². The molecule has 1 unspecified atom stereocenters. The molecule has 1 atom stereocenters. The fraction of sp³-hybridized carbons (Fsp3) is 0.350. The molecule has 3 heterocycles. The summed E-state index contributed by atoms with van der Waals surface area (Å²) < 4.78 is 15.4. The van der Waals surface area contributed by atoms with Crippen LogP contribution in [0.1, 0.15) is 36.0 Å². The number of aromatic nitrogens is 3. The van der Waals surface area contributed by atoms with Crippen LogP contribution < -0.4 is 5.56 Å². The lowest BCUT2D eigenvalue weighted by Crippen LogP contribution is -2.44. The van der Waals surface area contributed by atoms with Crippen LogP contribution in [-0.2, 0) is 6.54 Å². The van der Waals surface area contributed by atoms with Gasteiger partial charge in [-0.15, -0.1) is 0 Å². The Morgan fingerprint density at radius 1 is 1.30 bits per heavy atom. The van der Waals surface area contributed by atoms with Crippen LogP contribution in [-0.4, -0.2) is 38.2 Å². The van der Waals surface area contributed by atoms with Crippen molar-refractivity contribution in [1.29, 1.82) is 0 Å². The van der Waals surface area contributed by atoms with Gasteiger partial charge in [0.1, 0.15) is 5.82 Å². The SMILES string of the molecule is O=C(c1cc(=O)[nH]c2cc(F)ccc12)N1CCCCC1CCn1cccn1. The van der Waals surface area contributed by atoms with Gasteiger partial charge in [-0.05, 0) is 49.9 Å². The maximum Gasteiger partial charge on any atom is 0.254 e. The lowest BCUT2D eigenvalue weighted by atomic mass is 9.97. The number of likely N-dealkylation sites (tertiary alicyclic amines) is 1. The Balaban J connectivity index is 1.63. The van der Waals surface area contributed by atoms with Crippen LogP contribution in [0, 0.1) is 5.82 Å². The topological polar surface area (TPSA) is 71.0 Å². The highest BCUT2D eigenvalue weighted by molar-refractivity contribution is 6.06. The molecule has 140 valence electrons. The van der Waals surface area contributed by atoms with Gasteiger partial charge in [-0.3, -0.25) is 14.3 Å². The van der Waals surface area contributed by atoms with Crippen molar-refractivity contribution in [1.82, 2.24) is 19.7 Å². The van der Waals surface area contributed by atoms with Crippen LogP contribution in [0.4, 0.5) is 4.39 Å². The molecule has 1 amide bonds. The number of fused-ring (bicyclic) bond motifs is 1. The summed E-state index contributed by atoms with van der Waals surface area (Å²) in [7, 11) is 0. The van der Waals surface area contributed by atoms with Crippen molar-refractivity contribution in [2.45, 2.75) is 38.3 Å². The molecule has 6 nitrogen and oxygen atoms in total. The summed E-state index contributed by atoms with van der Waals surface area (Å²) in [6, 6.07) is 7.41. The molecule has 1 aliphatic rings. The molecule has 27 heavy (non-hydrogen) atoms. The van der Waals surface area contributed by atoms with Crippen LogP contribution in [0.5, 0.6) is 0 Å². The average Bonchev–Trinajstić information content (AvgIpc) is 3.18. The summed E-state index contributed by atoms with van der Waals surface area (Å²) in [5.74, 6) is -0.610. The second-order valence-electron chi connectivity index (χ2n) is 6.94. The molecule has 0 saturated carbocycles. The van der Waals surface area contributed by atoms with Crippen LogP contribution in [0.25, 0.3) is 10.9 Å². The van der Waals surface area contributed by atoms with Gasteiger partial charge in [0.2, 0.25) is 5.56 Å². The number of nitrogens with one attached hydrogen (secondary N) is 1. The van der Waals surface area contributed by atoms with E-state index in [0.717, 1.165) is 32.2 Å². The average molecular weight is 368 g/mol. The van der Waals surface area contributed by atoms with Gasteiger partial charge < -0.3 is 9.88 Å². The summed E-state index contributed by atoms with van der Waals surface area (Å²) in [6.07, 6.45) is 7.42. The maximum absolute atomic E-state index is 13.5. The monoisotopic (exact) mass is 368 g/mol. The number of pyridine rings is 1. The molecule has 7 heteroatoms. The summed E-state index contributed by atoms with van der Waals surface area (Å²) in [6.45, 7) is 1.40. The molecule has 0 radical (unpaired) electrons. The Hall–Kier alpha value is -2.96. The van der Waals surface area contributed by atoms with E-state index in [4.69, 9.17) is 0 Å². The number of rotatable bonds is 4. The first kappa shape index (κ1) is 17.5. The standard InChI is InChI=1S/C20H21FN4O2/c21-14-5-6-16-17(13-19(26)23-18(16)12-14)20(27)25-10-2-1-4-15(25)7-11-24-9-3-8-22-24/h3,5-6,8-9,12-13,15H,1-2,4,7,10-11H2,(H,23,26). The Labute approximate surface area is 155 Å². The predicted octanol–water partition coefficient (Wildman–Crippen LogP) is 2.95. The highest BCUT2D eigenvalue weighted by Gasteiger charge is 2.28. The van der Waals surface area contributed by atoms with Crippen LogP contribution in [0.3, 0.4) is 0 Å². The van der Waals surface area contributed by atoms with E-state index in [0.29, 0.717) is 23.0 Å². The molecule has 3 aromatic rings. The minimum Gasteiger partial charge on any atom is -0.336 e. The van der Waals surface area contributed by atoms with Crippen molar-refractivity contribution >= 4 is 16.8 Å². The second kappa shape index (κ2) is 7.34. The van der Waals surface area contributed by atoms with E-state index >= 15 is 0 Å². The number of aryl methyl sites for hydroxylation is 1. The highest BCUT2D eigenvalue weighted by Crippen LogP contribution is 2.25. The van der Waals surface area contributed by atoms with Crippen molar-refractivity contribution in [2.75, 3.05) is 6.54 Å². The van der Waals surface area contributed by atoms with Gasteiger partial charge in [-0.2, -0.15) is 5.10 Å². The van der Waals surface area contributed by atoms with Gasteiger partial charge in [-0.25, -0.2) is 4.39 Å². The third kappa shape index (κ3) is 3.63. The molecule has 2 aromatic heterocycles. The Kier molecular flexibility index (Phi) is 4.75. The Morgan fingerprint density at radius 2 is 2.19 bits per heavy atom. The van der Waals surface area contributed by atoms with Gasteiger partial charge in [-0.1, -0.05) is 0 Å². The molecule has 0 aliphatic carbocycles. The molecule has 4 rings (SSSR count). The molecule has 0 spiro atoms. The van der Waals surface area contributed by atoms with Gasteiger partial charge in [0.05, 0.1) is 11.1 Å². The number of H-pyrrole nitrogens is 1. The summed E-state index contributed by atoms with van der Waals surface area (Å²) in [5.41, 5.74) is 0.275. The van der Waals surface area contributed by atoms with Crippen LogP contribution in [0.2, 0.25) is 0 Å². The number of carbonyl (C=O) groups is 1. The molecule has 1 N–H and O–H groups in total. The Morgan fingerprint density at radius 3 is 3.00 bits per heavy atom. The number of hydrogen-bond donors (Lipinski definition) is 1. The molecule has 0 bridgehead atoms. The van der Waals surface area contributed by atoms with E-state index in [1.54, 1.807) is 12.3 Å². The zero-order chi connectivity index (χ0) is 18.8. The smallest absolute Gasteiger partial charge is 0.254 e. The number of aromatic amines is 1. The third-order valence-corrected chi connectivity index (χ3v) is 5.17. The van der Waals surface area contributed by atoms with Crippen LogP contribution in [0.15, 0.2) is 47.5 Å². The minimum absolute atomic E-state index is 0.102. The van der Waals surface area contributed by atoms with E-state index in [1.165, 1.54) is 18.2 Å². The Bertz CT molecular complexity index is 1010. The third-order valence-electron chi connectivity index (χ3n) is 5.17. The number of hydrogen-bond acceptors (Lipinski definition) is 3. The first-order valence-electron chi connectivity index (χ1n) is 9.23. The van der Waals surface area contributed by atoms with Crippen molar-refractivity contribution < 1.29 is 9.18 Å². The number of nitrogens with zero attached hydrogens (tertiary/aromatic N) is 3. The van der Waals surface area contributed by atoms with E-state index in [9.17, 15) is 14.0 Å². The highest BCUT2D eigenvalue weighted by atomic mass is 19.1. The van der Waals surface area contributed by atoms with Crippen LogP contribution >= 0.6 is 0 Å². The van der Waals surface area contributed by atoms with Gasteiger partial charge in [0.25, 0.3) is 5.91 Å². The fourth-order valence-corrected chi connectivity index (χ4v) is 3.85. The second-order valence-corrected chi connectivity index (χ2v) is 6.94. The fourth-order valence-electron chi connectivity index (χ4n) is 3.85. The quantitative estimate of drug-likeness (QED) is 0.770. The molecule has 1 aliphatic heterocycles. The number of benzene rings is 1. The predicted molar refractivity (Wildman–Crippen MR) is 100 cm³/mol. The number of piperidine rings is 1. The van der Waals surface area contributed by atoms with Crippen molar-refractivity contribution in [3.05, 3.63) is 64.5 Å². The van der Waals surface area contributed by atoms with E-state index in [2.05, 4.69) is 10.1 Å². The zero-order valence-electron chi connectivity index (χ0n) is 14.9. The van der Waals surface area contributed by atoms with Gasteiger partial charge in [0.15, 0.2) is 0 Å². The van der Waals surface area contributed by atoms with E-state index in [1.807, 2.05) is 21.8 Å². The molecular formula is C20H21FN4O2. The van der Waals surface area contributed by atoms with Crippen molar-refractivity contribution in [3.63, 3.8) is 0 Å². The number of halogens is 1. The van der Waals surface area contributed by atoms with Crippen molar-refractivity contribution in [2.24, 2.45) is 0 Å². The van der Waals surface area contributed by atoms with E-state index in [-0.39, 0.29) is 11.9 Å².